The van der Waals surface area contributed by atoms with E-state index >= 15 is 0 Å². The van der Waals surface area contributed by atoms with Crippen LogP contribution in [-0.4, -0.2) is 38.3 Å². The molecule has 1 N–H and O–H groups in total. The second-order valence-electron chi connectivity index (χ2n) is 4.98. The first kappa shape index (κ1) is 14.3. The predicted molar refractivity (Wildman–Crippen MR) is 75.9 cm³/mol. The van der Waals surface area contributed by atoms with E-state index in [2.05, 4.69) is 29.3 Å². The minimum Gasteiger partial charge on any atom is -0.468 e. The van der Waals surface area contributed by atoms with E-state index < -0.39 is 0 Å². The van der Waals surface area contributed by atoms with Crippen molar-refractivity contribution in [3.63, 3.8) is 0 Å². The van der Waals surface area contributed by atoms with E-state index in [1.54, 1.807) is 7.11 Å². The number of methoxy groups -OCH3 is 1. The molecule has 1 aromatic heterocycles. The van der Waals surface area contributed by atoms with Gasteiger partial charge in [0.05, 0.1) is 19.4 Å². The highest BCUT2D eigenvalue weighted by atomic mass is 16.5. The van der Waals surface area contributed by atoms with Crippen molar-refractivity contribution >= 4 is 0 Å². The predicted octanol–water partition coefficient (Wildman–Crippen LogP) is 2.17. The lowest BCUT2D eigenvalue weighted by Gasteiger charge is -2.25. The van der Waals surface area contributed by atoms with Gasteiger partial charge in [0.1, 0.15) is 5.76 Å². The molecule has 0 atom stereocenters. The maximum atomic E-state index is 5.61. The highest BCUT2D eigenvalue weighted by molar-refractivity contribution is 5.14. The van der Waals surface area contributed by atoms with E-state index in [4.69, 9.17) is 9.15 Å². The molecule has 1 aliphatic rings. The largest absolute Gasteiger partial charge is 0.468 e. The fourth-order valence-corrected chi connectivity index (χ4v) is 2.30. The average molecular weight is 264 g/mol. The van der Waals surface area contributed by atoms with E-state index in [-0.39, 0.29) is 0 Å². The average Bonchev–Trinajstić information content (AvgIpc) is 2.87. The summed E-state index contributed by atoms with van der Waals surface area (Å²) < 4.78 is 10.8. The summed E-state index contributed by atoms with van der Waals surface area (Å²) in [6, 6.07) is 2.15. The second kappa shape index (κ2) is 7.48. The van der Waals surface area contributed by atoms with Gasteiger partial charge in [-0.2, -0.15) is 0 Å². The molecule has 0 bridgehead atoms. The van der Waals surface area contributed by atoms with Crippen LogP contribution in [0, 0.1) is 0 Å². The van der Waals surface area contributed by atoms with E-state index in [1.807, 2.05) is 6.26 Å². The maximum absolute atomic E-state index is 5.61. The Hall–Kier alpha value is -1.10. The third kappa shape index (κ3) is 4.49. The third-order valence-electron chi connectivity index (χ3n) is 3.38. The summed E-state index contributed by atoms with van der Waals surface area (Å²) in [5.74, 6) is 1.05. The molecule has 0 saturated carbocycles. The molecular formula is C15H24N2O2. The Morgan fingerprint density at radius 3 is 3.05 bits per heavy atom. The molecule has 0 unspecified atom stereocenters. The van der Waals surface area contributed by atoms with Crippen molar-refractivity contribution in [3.05, 3.63) is 35.3 Å². The first-order valence-electron chi connectivity index (χ1n) is 6.98. The van der Waals surface area contributed by atoms with Gasteiger partial charge in [-0.25, -0.2) is 0 Å². The zero-order chi connectivity index (χ0) is 13.5. The number of hydrogen-bond acceptors (Lipinski definition) is 4. The third-order valence-corrected chi connectivity index (χ3v) is 3.38. The number of ether oxygens (including phenoxy) is 1. The molecule has 1 aromatic rings. The second-order valence-corrected chi connectivity index (χ2v) is 4.98. The molecule has 0 aliphatic carbocycles. The summed E-state index contributed by atoms with van der Waals surface area (Å²) in [5, 5.41) is 3.30. The molecule has 2 rings (SSSR count). The smallest absolute Gasteiger partial charge is 0.118 e. The Morgan fingerprint density at radius 1 is 1.47 bits per heavy atom. The van der Waals surface area contributed by atoms with Crippen LogP contribution in [0.5, 0.6) is 0 Å². The summed E-state index contributed by atoms with van der Waals surface area (Å²) in [7, 11) is 1.75. The first-order valence-corrected chi connectivity index (χ1v) is 6.98. The number of nitrogens with zero attached hydrogens (tertiary/aromatic N) is 1. The fraction of sp³-hybridized carbons (Fsp3) is 0.600. The number of rotatable bonds is 7. The van der Waals surface area contributed by atoms with Gasteiger partial charge in [-0.3, -0.25) is 4.90 Å². The van der Waals surface area contributed by atoms with Gasteiger partial charge in [0.25, 0.3) is 0 Å². The highest BCUT2D eigenvalue weighted by Crippen LogP contribution is 2.15. The summed E-state index contributed by atoms with van der Waals surface area (Å²) in [6.07, 6.45) is 5.22. The monoisotopic (exact) mass is 264 g/mol. The minimum absolute atomic E-state index is 0.765. The quantitative estimate of drug-likeness (QED) is 0.766. The molecule has 1 aliphatic heterocycles. The molecule has 4 nitrogen and oxygen atoms in total. The molecule has 0 saturated heterocycles. The Balaban J connectivity index is 1.80. The number of furan rings is 1. The molecule has 19 heavy (non-hydrogen) atoms. The lowest BCUT2D eigenvalue weighted by Crippen LogP contribution is -2.28. The van der Waals surface area contributed by atoms with Crippen molar-refractivity contribution in [2.45, 2.75) is 26.4 Å². The molecule has 0 aromatic carbocycles. The van der Waals surface area contributed by atoms with Gasteiger partial charge in [-0.1, -0.05) is 13.0 Å². The summed E-state index contributed by atoms with van der Waals surface area (Å²) in [6.45, 7) is 7.71. The van der Waals surface area contributed by atoms with Crippen molar-refractivity contribution in [1.29, 1.82) is 0 Å². The van der Waals surface area contributed by atoms with Crippen molar-refractivity contribution in [1.82, 2.24) is 10.2 Å². The van der Waals surface area contributed by atoms with Crippen LogP contribution in [0.4, 0.5) is 0 Å². The van der Waals surface area contributed by atoms with Gasteiger partial charge in [0, 0.05) is 32.3 Å². The molecule has 2 heterocycles. The Kier molecular flexibility index (Phi) is 5.63. The van der Waals surface area contributed by atoms with E-state index in [0.717, 1.165) is 51.5 Å². The Labute approximate surface area is 115 Å². The van der Waals surface area contributed by atoms with Crippen LogP contribution >= 0.6 is 0 Å². The molecule has 0 amide bonds. The molecule has 106 valence electrons. The summed E-state index contributed by atoms with van der Waals surface area (Å²) in [4.78, 5) is 2.40. The van der Waals surface area contributed by atoms with Crippen LogP contribution in [0.1, 0.15) is 24.7 Å². The van der Waals surface area contributed by atoms with Gasteiger partial charge >= 0.3 is 0 Å². The Morgan fingerprint density at radius 2 is 2.37 bits per heavy atom. The molecule has 0 radical (unpaired) electrons. The van der Waals surface area contributed by atoms with Gasteiger partial charge in [0.2, 0.25) is 0 Å². The van der Waals surface area contributed by atoms with Crippen LogP contribution in [0.2, 0.25) is 0 Å². The normalized spacial score (nSPS) is 16.6. The standard InChI is InChI=1S/C15H24N2O2/c1-3-16-9-14-8-15(19-12-14)10-17-6-4-13(5-7-17)11-18-2/h4,8,12,16H,3,5-7,9-11H2,1-2H3. The lowest BCUT2D eigenvalue weighted by molar-refractivity contribution is 0.207. The zero-order valence-electron chi connectivity index (χ0n) is 11.9. The van der Waals surface area contributed by atoms with E-state index in [1.165, 1.54) is 11.1 Å². The van der Waals surface area contributed by atoms with Crippen LogP contribution in [0.15, 0.2) is 28.4 Å². The molecule has 0 spiro atoms. The van der Waals surface area contributed by atoms with Crippen LogP contribution in [-0.2, 0) is 17.8 Å². The van der Waals surface area contributed by atoms with Crippen LogP contribution < -0.4 is 5.32 Å². The SMILES string of the molecule is CCNCc1coc(CN2CC=C(COC)CC2)c1. The first-order chi connectivity index (χ1) is 9.31. The zero-order valence-corrected chi connectivity index (χ0v) is 11.9. The molecule has 4 heteroatoms. The van der Waals surface area contributed by atoms with Crippen molar-refractivity contribution < 1.29 is 9.15 Å². The molecule has 0 fully saturated rings. The van der Waals surface area contributed by atoms with Crippen LogP contribution in [0.25, 0.3) is 0 Å². The van der Waals surface area contributed by atoms with Crippen molar-refractivity contribution in [2.24, 2.45) is 0 Å². The van der Waals surface area contributed by atoms with Gasteiger partial charge in [-0.05, 0) is 24.6 Å². The van der Waals surface area contributed by atoms with E-state index in [9.17, 15) is 0 Å². The Bertz CT molecular complexity index is 412. The van der Waals surface area contributed by atoms with Gasteiger partial charge < -0.3 is 14.5 Å². The van der Waals surface area contributed by atoms with Crippen molar-refractivity contribution in [3.8, 4) is 0 Å². The summed E-state index contributed by atoms with van der Waals surface area (Å²) in [5.41, 5.74) is 2.63. The molecular weight excluding hydrogens is 240 g/mol. The highest BCUT2D eigenvalue weighted by Gasteiger charge is 2.13. The van der Waals surface area contributed by atoms with Crippen LogP contribution in [0.3, 0.4) is 0 Å². The number of hydrogen-bond donors (Lipinski definition) is 1. The fourth-order valence-electron chi connectivity index (χ4n) is 2.30. The topological polar surface area (TPSA) is 37.6 Å². The minimum atomic E-state index is 0.765. The van der Waals surface area contributed by atoms with Gasteiger partial charge in [0.15, 0.2) is 0 Å². The number of nitrogens with one attached hydrogen (secondary N) is 1. The lowest BCUT2D eigenvalue weighted by atomic mass is 10.1. The van der Waals surface area contributed by atoms with E-state index in [0.29, 0.717) is 0 Å². The van der Waals surface area contributed by atoms with Crippen molar-refractivity contribution in [2.75, 3.05) is 33.4 Å². The maximum Gasteiger partial charge on any atom is 0.118 e. The summed E-state index contributed by atoms with van der Waals surface area (Å²) >= 11 is 0. The van der Waals surface area contributed by atoms with Gasteiger partial charge in [-0.15, -0.1) is 0 Å².